The number of rotatable bonds is 2. The lowest BCUT2D eigenvalue weighted by atomic mass is 10.2. The van der Waals surface area contributed by atoms with Gasteiger partial charge < -0.3 is 9.30 Å². The first-order chi connectivity index (χ1) is 7.86. The van der Waals surface area contributed by atoms with Gasteiger partial charge in [-0.05, 0) is 22.4 Å². The van der Waals surface area contributed by atoms with Crippen LogP contribution in [0.1, 0.15) is 28.0 Å². The quantitative estimate of drug-likeness (QED) is 0.747. The molecule has 0 saturated carbocycles. The molecule has 0 fully saturated rings. The fourth-order valence-electron chi connectivity index (χ4n) is 1.87. The summed E-state index contributed by atoms with van der Waals surface area (Å²) in [6.07, 6.45) is 2.63. The fourth-order valence-corrected chi connectivity index (χ4v) is 2.57. The number of imidazole rings is 1. The van der Waals surface area contributed by atoms with Crippen molar-refractivity contribution >= 4 is 17.6 Å². The monoisotopic (exact) mass is 234 g/mol. The standard InChI is InChI=1S/C11H10N2O2S/c14-5-9-3-13-4-10(8-1-2-16-7-8)15-6-11(13)12-9/h1-3,5,7,10H,4,6H2. The Morgan fingerprint density at radius 1 is 1.62 bits per heavy atom. The average Bonchev–Trinajstić information content (AvgIpc) is 2.96. The Morgan fingerprint density at radius 2 is 2.56 bits per heavy atom. The number of nitrogens with zero attached hydrogens (tertiary/aromatic N) is 2. The lowest BCUT2D eigenvalue weighted by Crippen LogP contribution is -2.20. The summed E-state index contributed by atoms with van der Waals surface area (Å²) in [5, 5.41) is 4.13. The van der Waals surface area contributed by atoms with E-state index in [4.69, 9.17) is 4.74 Å². The third-order valence-corrected chi connectivity index (χ3v) is 3.39. The zero-order valence-corrected chi connectivity index (χ0v) is 9.31. The summed E-state index contributed by atoms with van der Waals surface area (Å²) in [5.74, 6) is 0.827. The molecule has 2 aromatic heterocycles. The first-order valence-corrected chi connectivity index (χ1v) is 5.96. The first-order valence-electron chi connectivity index (χ1n) is 5.02. The number of hydrogen-bond donors (Lipinski definition) is 0. The van der Waals surface area contributed by atoms with Crippen molar-refractivity contribution in [3.05, 3.63) is 40.1 Å². The maximum absolute atomic E-state index is 10.6. The van der Waals surface area contributed by atoms with Crippen LogP contribution >= 0.6 is 11.3 Å². The molecule has 1 unspecified atom stereocenters. The number of carbonyl (C=O) groups is 1. The molecule has 82 valence electrons. The van der Waals surface area contributed by atoms with Crippen LogP contribution in [-0.4, -0.2) is 15.8 Å². The Balaban J connectivity index is 1.88. The number of thiophene rings is 1. The van der Waals surface area contributed by atoms with E-state index in [2.05, 4.69) is 16.4 Å². The number of ether oxygens (including phenoxy) is 1. The third-order valence-electron chi connectivity index (χ3n) is 2.69. The van der Waals surface area contributed by atoms with Gasteiger partial charge in [0.05, 0.1) is 6.54 Å². The van der Waals surface area contributed by atoms with Crippen molar-refractivity contribution in [2.45, 2.75) is 19.3 Å². The van der Waals surface area contributed by atoms with Crippen LogP contribution in [0.25, 0.3) is 0 Å². The predicted octanol–water partition coefficient (Wildman–Crippen LogP) is 2.03. The van der Waals surface area contributed by atoms with Crippen molar-refractivity contribution in [1.29, 1.82) is 0 Å². The average molecular weight is 234 g/mol. The molecule has 1 atom stereocenters. The molecule has 0 N–H and O–H groups in total. The highest BCUT2D eigenvalue weighted by Gasteiger charge is 2.22. The lowest BCUT2D eigenvalue weighted by Gasteiger charge is -2.23. The van der Waals surface area contributed by atoms with Crippen LogP contribution in [0.5, 0.6) is 0 Å². The molecule has 1 aliphatic heterocycles. The van der Waals surface area contributed by atoms with Gasteiger partial charge in [-0.15, -0.1) is 0 Å². The van der Waals surface area contributed by atoms with E-state index in [9.17, 15) is 4.79 Å². The van der Waals surface area contributed by atoms with Crippen LogP contribution in [0.2, 0.25) is 0 Å². The maximum atomic E-state index is 10.6. The molecule has 3 rings (SSSR count). The summed E-state index contributed by atoms with van der Waals surface area (Å²) in [6, 6.07) is 2.07. The molecule has 0 saturated heterocycles. The van der Waals surface area contributed by atoms with Gasteiger partial charge in [-0.25, -0.2) is 4.98 Å². The zero-order chi connectivity index (χ0) is 11.0. The van der Waals surface area contributed by atoms with E-state index in [1.165, 1.54) is 5.56 Å². The number of carbonyl (C=O) groups excluding carboxylic acids is 1. The van der Waals surface area contributed by atoms with Gasteiger partial charge in [0.2, 0.25) is 0 Å². The third kappa shape index (κ3) is 1.58. The van der Waals surface area contributed by atoms with Crippen LogP contribution in [0.4, 0.5) is 0 Å². The van der Waals surface area contributed by atoms with Gasteiger partial charge in [0, 0.05) is 6.20 Å². The second-order valence-corrected chi connectivity index (χ2v) is 4.49. The predicted molar refractivity (Wildman–Crippen MR) is 59.5 cm³/mol. The van der Waals surface area contributed by atoms with Crippen molar-refractivity contribution in [1.82, 2.24) is 9.55 Å². The number of aldehydes is 1. The molecule has 0 spiro atoms. The number of hydrogen-bond acceptors (Lipinski definition) is 4. The molecule has 3 heterocycles. The zero-order valence-electron chi connectivity index (χ0n) is 8.50. The summed E-state index contributed by atoms with van der Waals surface area (Å²) in [4.78, 5) is 14.8. The van der Waals surface area contributed by atoms with Gasteiger partial charge in [0.15, 0.2) is 6.29 Å². The van der Waals surface area contributed by atoms with Gasteiger partial charge in [0.1, 0.15) is 24.2 Å². The van der Waals surface area contributed by atoms with E-state index >= 15 is 0 Å². The van der Waals surface area contributed by atoms with Gasteiger partial charge in [0.25, 0.3) is 0 Å². The molecule has 0 radical (unpaired) electrons. The van der Waals surface area contributed by atoms with Crippen LogP contribution < -0.4 is 0 Å². The highest BCUT2D eigenvalue weighted by Crippen LogP contribution is 2.27. The van der Waals surface area contributed by atoms with Crippen LogP contribution in [0.15, 0.2) is 23.0 Å². The van der Waals surface area contributed by atoms with E-state index in [0.717, 1.165) is 18.7 Å². The summed E-state index contributed by atoms with van der Waals surface area (Å²) in [6.45, 7) is 1.20. The van der Waals surface area contributed by atoms with E-state index < -0.39 is 0 Å². The van der Waals surface area contributed by atoms with Gasteiger partial charge in [-0.2, -0.15) is 11.3 Å². The van der Waals surface area contributed by atoms with E-state index in [1.54, 1.807) is 17.5 Å². The van der Waals surface area contributed by atoms with Crippen molar-refractivity contribution < 1.29 is 9.53 Å². The summed E-state index contributed by atoms with van der Waals surface area (Å²) >= 11 is 1.66. The molecule has 16 heavy (non-hydrogen) atoms. The van der Waals surface area contributed by atoms with Gasteiger partial charge in [-0.3, -0.25) is 4.79 Å². The molecule has 4 nitrogen and oxygen atoms in total. The molecule has 0 aromatic carbocycles. The molecular formula is C11H10N2O2S. The SMILES string of the molecule is O=Cc1cn2c(n1)COC(c1ccsc1)C2. The highest BCUT2D eigenvalue weighted by molar-refractivity contribution is 7.07. The minimum atomic E-state index is 0.0763. The topological polar surface area (TPSA) is 44.1 Å². The summed E-state index contributed by atoms with van der Waals surface area (Å²) in [7, 11) is 0. The first kappa shape index (κ1) is 9.74. The largest absolute Gasteiger partial charge is 0.364 e. The highest BCUT2D eigenvalue weighted by atomic mass is 32.1. The minimum Gasteiger partial charge on any atom is -0.364 e. The Hall–Kier alpha value is -1.46. The summed E-state index contributed by atoms with van der Waals surface area (Å²) < 4.78 is 7.71. The summed E-state index contributed by atoms with van der Waals surface area (Å²) in [5.41, 5.74) is 1.67. The lowest BCUT2D eigenvalue weighted by molar-refractivity contribution is 0.000738. The van der Waals surface area contributed by atoms with Crippen molar-refractivity contribution in [3.63, 3.8) is 0 Å². The molecule has 1 aliphatic rings. The Kier molecular flexibility index (Phi) is 2.34. The van der Waals surface area contributed by atoms with Crippen molar-refractivity contribution in [3.8, 4) is 0 Å². The fraction of sp³-hybridized carbons (Fsp3) is 0.273. The second-order valence-electron chi connectivity index (χ2n) is 3.71. The van der Waals surface area contributed by atoms with Crippen LogP contribution in [0, 0.1) is 0 Å². The molecule has 2 aromatic rings. The van der Waals surface area contributed by atoms with E-state index in [0.29, 0.717) is 12.3 Å². The second kappa shape index (κ2) is 3.84. The van der Waals surface area contributed by atoms with Crippen LogP contribution in [0.3, 0.4) is 0 Å². The molecular weight excluding hydrogens is 224 g/mol. The maximum Gasteiger partial charge on any atom is 0.170 e. The number of aromatic nitrogens is 2. The number of fused-ring (bicyclic) bond motifs is 1. The van der Waals surface area contributed by atoms with Crippen molar-refractivity contribution in [2.24, 2.45) is 0 Å². The Bertz CT molecular complexity index is 504. The Morgan fingerprint density at radius 3 is 3.31 bits per heavy atom. The van der Waals surface area contributed by atoms with Crippen LogP contribution in [-0.2, 0) is 17.9 Å². The van der Waals surface area contributed by atoms with Gasteiger partial charge in [-0.1, -0.05) is 0 Å². The molecule has 0 bridgehead atoms. The van der Waals surface area contributed by atoms with E-state index in [-0.39, 0.29) is 6.10 Å². The van der Waals surface area contributed by atoms with Gasteiger partial charge >= 0.3 is 0 Å². The molecule has 0 aliphatic carbocycles. The molecule has 0 amide bonds. The smallest absolute Gasteiger partial charge is 0.170 e. The minimum absolute atomic E-state index is 0.0763. The normalized spacial score (nSPS) is 19.4. The van der Waals surface area contributed by atoms with Crippen molar-refractivity contribution in [2.75, 3.05) is 0 Å². The molecule has 5 heteroatoms. The van der Waals surface area contributed by atoms with E-state index in [1.807, 2.05) is 9.95 Å². The Labute approximate surface area is 96.5 Å².